The number of amides is 3. The molecule has 0 aliphatic carbocycles. The molecule has 9 nitrogen and oxygen atoms in total. The maximum Gasteiger partial charge on any atom is 0.373 e. The van der Waals surface area contributed by atoms with E-state index in [0.717, 1.165) is 38.9 Å². The van der Waals surface area contributed by atoms with Crippen LogP contribution in [-0.2, 0) is 22.7 Å². The van der Waals surface area contributed by atoms with E-state index in [1.165, 1.54) is 30.0 Å². The monoisotopic (exact) mass is 575 g/mol. The van der Waals surface area contributed by atoms with Crippen LogP contribution in [0.1, 0.15) is 38.8 Å². The summed E-state index contributed by atoms with van der Waals surface area (Å²) in [4.78, 5) is 38.4. The highest BCUT2D eigenvalue weighted by Crippen LogP contribution is 2.27. The first-order chi connectivity index (χ1) is 20.8. The van der Waals surface area contributed by atoms with E-state index in [1.54, 1.807) is 6.08 Å². The van der Waals surface area contributed by atoms with E-state index >= 15 is 0 Å². The Morgan fingerprint density at radius 1 is 0.953 bits per heavy atom. The Morgan fingerprint density at radius 2 is 1.72 bits per heavy atom. The lowest BCUT2D eigenvalue weighted by atomic mass is 10.1. The van der Waals surface area contributed by atoms with Crippen molar-refractivity contribution in [2.24, 2.45) is 0 Å². The molecule has 9 heteroatoms. The zero-order valence-electron chi connectivity index (χ0n) is 23.9. The molecule has 3 heterocycles. The van der Waals surface area contributed by atoms with Crippen LogP contribution in [0.25, 0.3) is 22.5 Å². The van der Waals surface area contributed by atoms with Crippen LogP contribution >= 0.6 is 0 Å². The van der Waals surface area contributed by atoms with Gasteiger partial charge in [0, 0.05) is 17.1 Å². The van der Waals surface area contributed by atoms with Crippen LogP contribution in [-0.4, -0.2) is 34.5 Å². The molecule has 2 aromatic heterocycles. The van der Waals surface area contributed by atoms with E-state index in [9.17, 15) is 14.4 Å². The summed E-state index contributed by atoms with van der Waals surface area (Å²) in [7, 11) is 1.24. The largest absolute Gasteiger partial charge is 0.489 e. The molecule has 1 aliphatic rings. The highest BCUT2D eigenvalue weighted by atomic mass is 16.5. The molecule has 216 valence electrons. The highest BCUT2D eigenvalue weighted by molar-refractivity contribution is 6.14. The number of furan rings is 1. The fourth-order valence-corrected chi connectivity index (χ4v) is 5.30. The Hall–Kier alpha value is -5.57. The SMILES string of the molecule is COC(=O)c1ccc(CN2C(=O)N/C(=C\c3cc(C)n(-c4ccc(OCc5cccc6ccccc56)cc4)c3C)C2=O)o1. The number of hydrogen-bond donors (Lipinski definition) is 1. The van der Waals surface area contributed by atoms with E-state index in [2.05, 4.69) is 38.9 Å². The summed E-state index contributed by atoms with van der Waals surface area (Å²) in [6, 6.07) is 26.7. The number of esters is 1. The van der Waals surface area contributed by atoms with Gasteiger partial charge >= 0.3 is 12.0 Å². The van der Waals surface area contributed by atoms with Crippen molar-refractivity contribution in [3.05, 3.63) is 125 Å². The number of aromatic nitrogens is 1. The average Bonchev–Trinajstić information content (AvgIpc) is 3.68. The first kappa shape index (κ1) is 27.6. The fourth-order valence-electron chi connectivity index (χ4n) is 5.30. The summed E-state index contributed by atoms with van der Waals surface area (Å²) >= 11 is 0. The van der Waals surface area contributed by atoms with Crippen molar-refractivity contribution >= 4 is 34.8 Å². The van der Waals surface area contributed by atoms with Crippen LogP contribution in [0.4, 0.5) is 4.79 Å². The number of carbonyl (C=O) groups excluding carboxylic acids is 3. The van der Waals surface area contributed by atoms with Crippen molar-refractivity contribution in [1.29, 1.82) is 0 Å². The number of nitrogens with zero attached hydrogens (tertiary/aromatic N) is 2. The van der Waals surface area contributed by atoms with Gasteiger partial charge in [-0.05, 0) is 84.3 Å². The Labute approximate surface area is 247 Å². The van der Waals surface area contributed by atoms with Crippen molar-refractivity contribution in [3.63, 3.8) is 0 Å². The first-order valence-corrected chi connectivity index (χ1v) is 13.7. The van der Waals surface area contributed by atoms with Gasteiger partial charge in [-0.15, -0.1) is 0 Å². The molecule has 3 amide bonds. The van der Waals surface area contributed by atoms with E-state index in [-0.39, 0.29) is 23.8 Å². The minimum atomic E-state index is -0.637. The van der Waals surface area contributed by atoms with Crippen LogP contribution in [0.5, 0.6) is 5.75 Å². The minimum absolute atomic E-state index is 0.00262. The van der Waals surface area contributed by atoms with E-state index in [0.29, 0.717) is 6.61 Å². The summed E-state index contributed by atoms with van der Waals surface area (Å²) in [5.74, 6) is -0.0813. The van der Waals surface area contributed by atoms with Gasteiger partial charge < -0.3 is 23.8 Å². The van der Waals surface area contributed by atoms with E-state index in [4.69, 9.17) is 9.15 Å². The molecule has 0 atom stereocenters. The third-order valence-electron chi connectivity index (χ3n) is 7.46. The molecule has 1 aliphatic heterocycles. The van der Waals surface area contributed by atoms with Gasteiger partial charge in [-0.1, -0.05) is 42.5 Å². The van der Waals surface area contributed by atoms with Crippen LogP contribution in [0, 0.1) is 13.8 Å². The summed E-state index contributed by atoms with van der Waals surface area (Å²) in [6.45, 7) is 4.29. The van der Waals surface area contributed by atoms with Gasteiger partial charge in [0.1, 0.15) is 23.8 Å². The number of urea groups is 1. The lowest BCUT2D eigenvalue weighted by molar-refractivity contribution is -0.123. The second-order valence-electron chi connectivity index (χ2n) is 10.2. The maximum atomic E-state index is 13.1. The minimum Gasteiger partial charge on any atom is -0.489 e. The molecule has 5 aromatic rings. The second kappa shape index (κ2) is 11.4. The predicted octanol–water partition coefficient (Wildman–Crippen LogP) is 6.30. The average molecular weight is 576 g/mol. The zero-order valence-corrected chi connectivity index (χ0v) is 23.9. The standard InChI is InChI=1S/C34H29N3O6/c1-21-17-25(18-30-32(38)36(34(40)35-30)19-28-15-16-31(43-28)33(39)41-3)22(2)37(21)26-11-13-27(14-12-26)42-20-24-9-6-8-23-7-4-5-10-29(23)24/h4-18H,19-20H2,1-3H3,(H,35,40)/b30-18-. The van der Waals surface area contributed by atoms with Gasteiger partial charge in [0.25, 0.3) is 5.91 Å². The van der Waals surface area contributed by atoms with Crippen molar-refractivity contribution in [3.8, 4) is 11.4 Å². The molecular weight excluding hydrogens is 546 g/mol. The quantitative estimate of drug-likeness (QED) is 0.132. The van der Waals surface area contributed by atoms with Crippen LogP contribution in [0.15, 0.2) is 95.0 Å². The van der Waals surface area contributed by atoms with Crippen molar-refractivity contribution in [2.45, 2.75) is 27.0 Å². The fraction of sp³-hybridized carbons (Fsp3) is 0.147. The summed E-state index contributed by atoms with van der Waals surface area (Å²) < 4.78 is 18.2. The number of benzene rings is 3. The molecule has 43 heavy (non-hydrogen) atoms. The number of imide groups is 1. The third kappa shape index (κ3) is 5.40. The van der Waals surface area contributed by atoms with Crippen LogP contribution in [0.3, 0.4) is 0 Å². The molecule has 0 unspecified atom stereocenters. The Kier molecular flexibility index (Phi) is 7.29. The second-order valence-corrected chi connectivity index (χ2v) is 10.2. The number of aryl methyl sites for hydroxylation is 1. The number of ether oxygens (including phenoxy) is 2. The number of carbonyl (C=O) groups is 3. The van der Waals surface area contributed by atoms with Crippen molar-refractivity contribution in [1.82, 2.24) is 14.8 Å². The highest BCUT2D eigenvalue weighted by Gasteiger charge is 2.34. The Bertz CT molecular complexity index is 1890. The summed E-state index contributed by atoms with van der Waals surface area (Å²) in [5.41, 5.74) is 4.89. The zero-order chi connectivity index (χ0) is 30.1. The third-order valence-corrected chi connectivity index (χ3v) is 7.46. The van der Waals surface area contributed by atoms with Gasteiger partial charge in [0.05, 0.1) is 13.7 Å². The molecule has 0 bridgehead atoms. The molecular formula is C34H29N3O6. The number of nitrogens with one attached hydrogen (secondary N) is 1. The molecule has 1 N–H and O–H groups in total. The first-order valence-electron chi connectivity index (χ1n) is 13.7. The number of rotatable bonds is 8. The van der Waals surface area contributed by atoms with Gasteiger partial charge in [0.2, 0.25) is 5.76 Å². The lowest BCUT2D eigenvalue weighted by Gasteiger charge is -2.12. The number of methoxy groups -OCH3 is 1. The molecule has 3 aromatic carbocycles. The van der Waals surface area contributed by atoms with Gasteiger partial charge in [-0.3, -0.25) is 9.69 Å². The Balaban J connectivity index is 1.16. The molecule has 6 rings (SSSR count). The summed E-state index contributed by atoms with van der Waals surface area (Å²) in [5, 5.41) is 5.00. The normalized spacial score (nSPS) is 14.0. The molecule has 1 saturated heterocycles. The molecule has 0 spiro atoms. The maximum absolute atomic E-state index is 13.1. The Morgan fingerprint density at radius 3 is 2.51 bits per heavy atom. The van der Waals surface area contributed by atoms with Gasteiger partial charge in [-0.2, -0.15) is 0 Å². The predicted molar refractivity (Wildman–Crippen MR) is 161 cm³/mol. The van der Waals surface area contributed by atoms with Crippen LogP contribution in [0.2, 0.25) is 0 Å². The van der Waals surface area contributed by atoms with Crippen molar-refractivity contribution in [2.75, 3.05) is 7.11 Å². The van der Waals surface area contributed by atoms with Crippen LogP contribution < -0.4 is 10.1 Å². The van der Waals surface area contributed by atoms with E-state index in [1.807, 2.05) is 62.4 Å². The number of hydrogen-bond acceptors (Lipinski definition) is 6. The van der Waals surface area contributed by atoms with Crippen molar-refractivity contribution < 1.29 is 28.3 Å². The van der Waals surface area contributed by atoms with Gasteiger partial charge in [-0.25, -0.2) is 9.59 Å². The smallest absolute Gasteiger partial charge is 0.373 e. The molecule has 1 fully saturated rings. The summed E-state index contributed by atoms with van der Waals surface area (Å²) in [6.07, 6.45) is 1.67. The topological polar surface area (TPSA) is 103 Å². The van der Waals surface area contributed by atoms with E-state index < -0.39 is 17.9 Å². The number of fused-ring (bicyclic) bond motifs is 1. The van der Waals surface area contributed by atoms with Gasteiger partial charge in [0.15, 0.2) is 0 Å². The molecule has 0 radical (unpaired) electrons. The molecule has 0 saturated carbocycles. The lowest BCUT2D eigenvalue weighted by Crippen LogP contribution is -2.30.